The van der Waals surface area contributed by atoms with Crippen molar-refractivity contribution in [3.05, 3.63) is 46.3 Å². The molecule has 2 rings (SSSR count). The Bertz CT molecular complexity index is 880. The van der Waals surface area contributed by atoms with E-state index in [0.717, 1.165) is 21.7 Å². The molecule has 1 aromatic carbocycles. The Morgan fingerprint density at radius 1 is 1.15 bits per heavy atom. The van der Waals surface area contributed by atoms with Crippen LogP contribution in [0.4, 0.5) is 5.69 Å². The van der Waals surface area contributed by atoms with E-state index in [1.165, 1.54) is 15.6 Å². The van der Waals surface area contributed by atoms with E-state index in [9.17, 15) is 8.42 Å². The van der Waals surface area contributed by atoms with E-state index in [2.05, 4.69) is 16.4 Å². The molecule has 8 heteroatoms. The Kier molecular flexibility index (Phi) is 7.41. The summed E-state index contributed by atoms with van der Waals surface area (Å²) in [5, 5.41) is 3.10. The standard InChI is InChI=1S/C19H28N4O2S2/c1-5-23(6-2)27(24,25)18-8-7-17(26-18)9-10-21-19(20)22-16-12-14(3)11-15(4)13-16/h7-8,11-13H,5-6,9-10H2,1-4H3,(H3,20,21,22). The number of nitrogens with one attached hydrogen (secondary N) is 1. The molecular formula is C19H28N4O2S2. The number of sulfonamides is 1. The van der Waals surface area contributed by atoms with Crippen molar-refractivity contribution in [3.63, 3.8) is 0 Å². The Hall–Kier alpha value is -1.90. The third kappa shape index (κ3) is 5.79. The highest BCUT2D eigenvalue weighted by Gasteiger charge is 2.23. The predicted molar refractivity (Wildman–Crippen MR) is 114 cm³/mol. The van der Waals surface area contributed by atoms with Crippen molar-refractivity contribution in [1.82, 2.24) is 4.31 Å². The van der Waals surface area contributed by atoms with Crippen LogP contribution in [0.25, 0.3) is 0 Å². The molecule has 0 atom stereocenters. The van der Waals surface area contributed by atoms with Crippen molar-refractivity contribution >= 4 is 33.0 Å². The largest absolute Gasteiger partial charge is 0.370 e. The number of aliphatic imine (C=N–C) groups is 1. The van der Waals surface area contributed by atoms with Crippen LogP contribution >= 0.6 is 11.3 Å². The fourth-order valence-corrected chi connectivity index (χ4v) is 5.80. The van der Waals surface area contributed by atoms with Crippen molar-refractivity contribution < 1.29 is 8.42 Å². The number of nitrogens with zero attached hydrogens (tertiary/aromatic N) is 2. The number of thiophene rings is 1. The molecule has 0 saturated carbocycles. The van der Waals surface area contributed by atoms with E-state index in [1.54, 1.807) is 6.07 Å². The van der Waals surface area contributed by atoms with Crippen LogP contribution in [-0.2, 0) is 16.4 Å². The maximum Gasteiger partial charge on any atom is 0.252 e. The number of benzene rings is 1. The fourth-order valence-electron chi connectivity index (χ4n) is 2.84. The molecule has 0 spiro atoms. The summed E-state index contributed by atoms with van der Waals surface area (Å²) in [5.74, 6) is 0.354. The number of aryl methyl sites for hydroxylation is 2. The van der Waals surface area contributed by atoms with E-state index in [-0.39, 0.29) is 0 Å². The average Bonchev–Trinajstić information content (AvgIpc) is 3.04. The molecular weight excluding hydrogens is 380 g/mol. The molecule has 0 unspecified atom stereocenters. The molecule has 0 aliphatic carbocycles. The summed E-state index contributed by atoms with van der Waals surface area (Å²) in [6.45, 7) is 9.19. The van der Waals surface area contributed by atoms with Crippen LogP contribution in [0.5, 0.6) is 0 Å². The van der Waals surface area contributed by atoms with Crippen LogP contribution in [0.15, 0.2) is 39.5 Å². The summed E-state index contributed by atoms with van der Waals surface area (Å²) < 4.78 is 26.9. The van der Waals surface area contributed by atoms with Gasteiger partial charge in [0.2, 0.25) is 0 Å². The molecule has 6 nitrogen and oxygen atoms in total. The fraction of sp³-hybridized carbons (Fsp3) is 0.421. The maximum absolute atomic E-state index is 12.5. The van der Waals surface area contributed by atoms with Gasteiger partial charge in [-0.3, -0.25) is 4.99 Å². The van der Waals surface area contributed by atoms with Crippen LogP contribution in [0, 0.1) is 13.8 Å². The minimum Gasteiger partial charge on any atom is -0.370 e. The number of anilines is 1. The average molecular weight is 409 g/mol. The molecule has 0 fully saturated rings. The van der Waals surface area contributed by atoms with Crippen LogP contribution < -0.4 is 11.1 Å². The molecule has 0 aliphatic rings. The Labute approximate surface area is 166 Å². The second kappa shape index (κ2) is 9.34. The molecule has 0 radical (unpaired) electrons. The molecule has 0 amide bonds. The van der Waals surface area contributed by atoms with Crippen molar-refractivity contribution in [3.8, 4) is 0 Å². The summed E-state index contributed by atoms with van der Waals surface area (Å²) in [6, 6.07) is 9.65. The molecule has 0 saturated heterocycles. The molecule has 27 heavy (non-hydrogen) atoms. The number of hydrogen-bond donors (Lipinski definition) is 2. The third-order valence-corrected chi connectivity index (χ3v) is 7.73. The van der Waals surface area contributed by atoms with Crippen LogP contribution in [0.3, 0.4) is 0 Å². The summed E-state index contributed by atoms with van der Waals surface area (Å²) in [5.41, 5.74) is 9.19. The van der Waals surface area contributed by atoms with Gasteiger partial charge in [0.25, 0.3) is 10.0 Å². The molecule has 0 aliphatic heterocycles. The van der Waals surface area contributed by atoms with E-state index >= 15 is 0 Å². The summed E-state index contributed by atoms with van der Waals surface area (Å²) in [7, 11) is -3.39. The molecule has 3 N–H and O–H groups in total. The van der Waals surface area contributed by atoms with Crippen LogP contribution in [0.2, 0.25) is 0 Å². The van der Waals surface area contributed by atoms with E-state index < -0.39 is 10.0 Å². The summed E-state index contributed by atoms with van der Waals surface area (Å²) in [6.07, 6.45) is 0.646. The van der Waals surface area contributed by atoms with Crippen molar-refractivity contribution in [2.24, 2.45) is 10.7 Å². The van der Waals surface area contributed by atoms with Gasteiger partial charge in [-0.2, -0.15) is 4.31 Å². The van der Waals surface area contributed by atoms with Gasteiger partial charge in [-0.25, -0.2) is 8.42 Å². The first-order chi connectivity index (χ1) is 12.8. The lowest BCUT2D eigenvalue weighted by atomic mass is 10.1. The summed E-state index contributed by atoms with van der Waals surface area (Å²) in [4.78, 5) is 5.32. The maximum atomic E-state index is 12.5. The minimum absolute atomic E-state index is 0.354. The molecule has 1 heterocycles. The zero-order chi connectivity index (χ0) is 20.0. The lowest BCUT2D eigenvalue weighted by Crippen LogP contribution is -2.29. The third-order valence-electron chi connectivity index (χ3n) is 4.07. The van der Waals surface area contributed by atoms with Gasteiger partial charge < -0.3 is 11.1 Å². The molecule has 0 bridgehead atoms. The van der Waals surface area contributed by atoms with Gasteiger partial charge in [-0.15, -0.1) is 11.3 Å². The van der Waals surface area contributed by atoms with E-state index in [0.29, 0.717) is 36.2 Å². The van der Waals surface area contributed by atoms with Crippen LogP contribution in [0.1, 0.15) is 29.9 Å². The monoisotopic (exact) mass is 408 g/mol. The SMILES string of the molecule is CCN(CC)S(=O)(=O)c1ccc(CCN=C(N)Nc2cc(C)cc(C)c2)s1. The highest BCUT2D eigenvalue weighted by Crippen LogP contribution is 2.25. The van der Waals surface area contributed by atoms with Crippen LogP contribution in [-0.4, -0.2) is 38.3 Å². The first kappa shape index (κ1) is 21.4. The quantitative estimate of drug-likeness (QED) is 0.518. The highest BCUT2D eigenvalue weighted by atomic mass is 32.2. The van der Waals surface area contributed by atoms with Gasteiger partial charge >= 0.3 is 0 Å². The van der Waals surface area contributed by atoms with E-state index in [1.807, 2.05) is 45.9 Å². The smallest absolute Gasteiger partial charge is 0.252 e. The Balaban J connectivity index is 1.97. The number of hydrogen-bond acceptors (Lipinski definition) is 4. The predicted octanol–water partition coefficient (Wildman–Crippen LogP) is 3.36. The molecule has 148 valence electrons. The first-order valence-electron chi connectivity index (χ1n) is 9.00. The van der Waals surface area contributed by atoms with Gasteiger partial charge in [-0.1, -0.05) is 19.9 Å². The van der Waals surface area contributed by atoms with Gasteiger partial charge in [-0.05, 0) is 49.2 Å². The Morgan fingerprint density at radius 2 is 1.78 bits per heavy atom. The van der Waals surface area contributed by atoms with Crippen molar-refractivity contribution in [2.75, 3.05) is 25.0 Å². The topological polar surface area (TPSA) is 87.8 Å². The van der Waals surface area contributed by atoms with Gasteiger partial charge in [0.15, 0.2) is 5.96 Å². The zero-order valence-electron chi connectivity index (χ0n) is 16.3. The van der Waals surface area contributed by atoms with Crippen molar-refractivity contribution in [1.29, 1.82) is 0 Å². The number of rotatable bonds is 8. The minimum atomic E-state index is -3.39. The van der Waals surface area contributed by atoms with Crippen molar-refractivity contribution in [2.45, 2.75) is 38.3 Å². The number of nitrogens with two attached hydrogens (primary N) is 1. The first-order valence-corrected chi connectivity index (χ1v) is 11.3. The highest BCUT2D eigenvalue weighted by molar-refractivity contribution is 7.91. The normalized spacial score (nSPS) is 12.6. The Morgan fingerprint density at radius 3 is 2.37 bits per heavy atom. The zero-order valence-corrected chi connectivity index (χ0v) is 18.0. The second-order valence-electron chi connectivity index (χ2n) is 6.33. The van der Waals surface area contributed by atoms with Gasteiger partial charge in [0.1, 0.15) is 4.21 Å². The van der Waals surface area contributed by atoms with E-state index in [4.69, 9.17) is 5.73 Å². The lowest BCUT2D eigenvalue weighted by Gasteiger charge is -2.16. The van der Waals surface area contributed by atoms with Gasteiger partial charge in [0.05, 0.1) is 0 Å². The second-order valence-corrected chi connectivity index (χ2v) is 9.66. The number of guanidine groups is 1. The lowest BCUT2D eigenvalue weighted by molar-refractivity contribution is 0.447. The molecule has 2 aromatic rings. The summed E-state index contributed by atoms with van der Waals surface area (Å²) >= 11 is 1.30. The molecule has 1 aromatic heterocycles. The van der Waals surface area contributed by atoms with Gasteiger partial charge in [0, 0.05) is 36.6 Å².